The van der Waals surface area contributed by atoms with Crippen LogP contribution in [-0.4, -0.2) is 25.0 Å². The number of rotatable bonds is 3. The predicted molar refractivity (Wildman–Crippen MR) is 76.6 cm³/mol. The molecule has 0 saturated heterocycles. The van der Waals surface area contributed by atoms with E-state index in [0.717, 1.165) is 28.0 Å². The summed E-state index contributed by atoms with van der Waals surface area (Å²) in [6.45, 7) is 4.59. The summed E-state index contributed by atoms with van der Waals surface area (Å²) < 4.78 is 0. The number of aryl methyl sites for hydroxylation is 2. The second-order valence-electron chi connectivity index (χ2n) is 4.74. The molecule has 2 heterocycles. The lowest BCUT2D eigenvalue weighted by Gasteiger charge is -2.12. The fraction of sp³-hybridized carbons (Fsp3) is 0.214. The first-order valence-corrected chi connectivity index (χ1v) is 6.32. The van der Waals surface area contributed by atoms with E-state index in [0.29, 0.717) is 17.9 Å². The van der Waals surface area contributed by atoms with Gasteiger partial charge in [-0.05, 0) is 42.7 Å². The Morgan fingerprint density at radius 2 is 1.90 bits per heavy atom. The monoisotopic (exact) mass is 269 g/mol. The van der Waals surface area contributed by atoms with Crippen LogP contribution in [0, 0.1) is 13.8 Å². The molecule has 3 N–H and O–H groups in total. The van der Waals surface area contributed by atoms with Crippen LogP contribution in [0.5, 0.6) is 5.75 Å². The lowest BCUT2D eigenvalue weighted by atomic mass is 10.0. The number of nitrogens with zero attached hydrogens (tertiary/aromatic N) is 3. The fourth-order valence-corrected chi connectivity index (χ4v) is 2.32. The van der Waals surface area contributed by atoms with Crippen molar-refractivity contribution in [3.8, 4) is 5.75 Å². The molecule has 2 aromatic heterocycles. The zero-order valence-electron chi connectivity index (χ0n) is 11.3. The van der Waals surface area contributed by atoms with E-state index in [9.17, 15) is 5.11 Å². The maximum absolute atomic E-state index is 9.56. The molecule has 0 spiro atoms. The van der Waals surface area contributed by atoms with Crippen molar-refractivity contribution >= 4 is 17.0 Å². The van der Waals surface area contributed by atoms with Crippen LogP contribution in [0.4, 0.5) is 5.82 Å². The minimum atomic E-state index is 0.293. The Labute approximate surface area is 115 Å². The number of nitrogens with one attached hydrogen (secondary N) is 2. The number of fused-ring (bicyclic) bond motifs is 1. The van der Waals surface area contributed by atoms with Gasteiger partial charge in [-0.1, -0.05) is 0 Å². The zero-order chi connectivity index (χ0) is 14.1. The Bertz CT molecular complexity index is 742. The van der Waals surface area contributed by atoms with Crippen molar-refractivity contribution in [2.75, 3.05) is 5.32 Å². The molecule has 6 nitrogen and oxygen atoms in total. The third-order valence-corrected chi connectivity index (χ3v) is 3.34. The van der Waals surface area contributed by atoms with Crippen LogP contribution in [0.25, 0.3) is 11.2 Å². The van der Waals surface area contributed by atoms with Crippen LogP contribution in [0.1, 0.15) is 16.7 Å². The Morgan fingerprint density at radius 1 is 1.15 bits per heavy atom. The van der Waals surface area contributed by atoms with Crippen LogP contribution < -0.4 is 5.32 Å². The topological polar surface area (TPSA) is 86.7 Å². The standard InChI is InChI=1S/C14H15N5O/c1-8-3-10(20)4-9(2)11(8)5-15-13-12-14(17-6-16-12)19-7-18-13/h3-4,6-7,20H,5H2,1-2H3,(H2,15,16,17,18,19). The van der Waals surface area contributed by atoms with Crippen molar-refractivity contribution in [2.45, 2.75) is 20.4 Å². The van der Waals surface area contributed by atoms with Crippen molar-refractivity contribution in [3.63, 3.8) is 0 Å². The van der Waals surface area contributed by atoms with Gasteiger partial charge in [0.2, 0.25) is 0 Å². The van der Waals surface area contributed by atoms with Gasteiger partial charge in [0.15, 0.2) is 11.5 Å². The molecule has 102 valence electrons. The second-order valence-corrected chi connectivity index (χ2v) is 4.74. The molecule has 0 aliphatic heterocycles. The molecule has 0 aliphatic rings. The first-order valence-electron chi connectivity index (χ1n) is 6.32. The number of phenolic OH excluding ortho intramolecular Hbond substituents is 1. The summed E-state index contributed by atoms with van der Waals surface area (Å²) in [6.07, 6.45) is 3.09. The normalized spacial score (nSPS) is 10.9. The van der Waals surface area contributed by atoms with Gasteiger partial charge in [-0.25, -0.2) is 15.0 Å². The van der Waals surface area contributed by atoms with Crippen molar-refractivity contribution in [3.05, 3.63) is 41.5 Å². The smallest absolute Gasteiger partial charge is 0.182 e. The summed E-state index contributed by atoms with van der Waals surface area (Å²) in [5, 5.41) is 12.9. The van der Waals surface area contributed by atoms with Gasteiger partial charge in [0.1, 0.15) is 17.6 Å². The van der Waals surface area contributed by atoms with Gasteiger partial charge >= 0.3 is 0 Å². The van der Waals surface area contributed by atoms with E-state index in [4.69, 9.17) is 0 Å². The van der Waals surface area contributed by atoms with E-state index in [2.05, 4.69) is 25.3 Å². The number of aromatic nitrogens is 4. The number of anilines is 1. The SMILES string of the molecule is Cc1cc(O)cc(C)c1CNc1ncnc2nc[nH]c12. The molecule has 0 unspecified atom stereocenters. The number of imidazole rings is 1. The van der Waals surface area contributed by atoms with Gasteiger partial charge < -0.3 is 15.4 Å². The molecule has 0 fully saturated rings. The number of hydrogen-bond acceptors (Lipinski definition) is 5. The molecule has 6 heteroatoms. The quantitative estimate of drug-likeness (QED) is 0.679. The van der Waals surface area contributed by atoms with Gasteiger partial charge in [0.05, 0.1) is 6.33 Å². The number of aromatic amines is 1. The maximum Gasteiger partial charge on any atom is 0.182 e. The lowest BCUT2D eigenvalue weighted by molar-refractivity contribution is 0.474. The van der Waals surface area contributed by atoms with E-state index in [1.54, 1.807) is 18.5 Å². The second kappa shape index (κ2) is 4.80. The molecule has 0 amide bonds. The molecule has 0 aliphatic carbocycles. The Kier molecular flexibility index (Phi) is 2.98. The molecular formula is C14H15N5O. The Morgan fingerprint density at radius 3 is 2.65 bits per heavy atom. The summed E-state index contributed by atoms with van der Waals surface area (Å²) in [7, 11) is 0. The molecule has 20 heavy (non-hydrogen) atoms. The molecular weight excluding hydrogens is 254 g/mol. The van der Waals surface area contributed by atoms with E-state index >= 15 is 0 Å². The highest BCUT2D eigenvalue weighted by Crippen LogP contribution is 2.22. The summed E-state index contributed by atoms with van der Waals surface area (Å²) in [6, 6.07) is 3.52. The first-order chi connectivity index (χ1) is 9.65. The third kappa shape index (κ3) is 2.16. The number of phenols is 1. The first kappa shape index (κ1) is 12.4. The lowest BCUT2D eigenvalue weighted by Crippen LogP contribution is -2.05. The largest absolute Gasteiger partial charge is 0.508 e. The summed E-state index contributed by atoms with van der Waals surface area (Å²) in [5.41, 5.74) is 4.67. The van der Waals surface area contributed by atoms with Gasteiger partial charge in [0.25, 0.3) is 0 Å². The predicted octanol–water partition coefficient (Wildman–Crippen LogP) is 2.29. The third-order valence-electron chi connectivity index (χ3n) is 3.34. The molecule has 3 aromatic rings. The fourth-order valence-electron chi connectivity index (χ4n) is 2.32. The van der Waals surface area contributed by atoms with Crippen LogP contribution in [0.2, 0.25) is 0 Å². The minimum absolute atomic E-state index is 0.293. The van der Waals surface area contributed by atoms with E-state index in [1.165, 1.54) is 6.33 Å². The Balaban J connectivity index is 1.89. The summed E-state index contributed by atoms with van der Waals surface area (Å²) in [5.74, 6) is 1.01. The number of benzene rings is 1. The molecule has 0 bridgehead atoms. The van der Waals surface area contributed by atoms with Gasteiger partial charge in [-0.15, -0.1) is 0 Å². The van der Waals surface area contributed by atoms with Gasteiger partial charge in [-0.3, -0.25) is 0 Å². The molecule has 1 aromatic carbocycles. The molecule has 3 rings (SSSR count). The van der Waals surface area contributed by atoms with Gasteiger partial charge in [0, 0.05) is 6.54 Å². The Hall–Kier alpha value is -2.63. The molecule has 0 radical (unpaired) electrons. The van der Waals surface area contributed by atoms with E-state index < -0.39 is 0 Å². The highest BCUT2D eigenvalue weighted by atomic mass is 16.3. The number of H-pyrrole nitrogens is 1. The van der Waals surface area contributed by atoms with Crippen molar-refractivity contribution in [1.29, 1.82) is 0 Å². The van der Waals surface area contributed by atoms with Gasteiger partial charge in [-0.2, -0.15) is 0 Å². The number of hydrogen-bond donors (Lipinski definition) is 3. The molecule has 0 atom stereocenters. The highest BCUT2D eigenvalue weighted by Gasteiger charge is 2.08. The van der Waals surface area contributed by atoms with Crippen LogP contribution >= 0.6 is 0 Å². The van der Waals surface area contributed by atoms with E-state index in [1.807, 2.05) is 13.8 Å². The minimum Gasteiger partial charge on any atom is -0.508 e. The molecule has 0 saturated carbocycles. The maximum atomic E-state index is 9.56. The van der Waals surface area contributed by atoms with Crippen molar-refractivity contribution in [2.24, 2.45) is 0 Å². The van der Waals surface area contributed by atoms with Crippen molar-refractivity contribution < 1.29 is 5.11 Å². The van der Waals surface area contributed by atoms with Crippen LogP contribution in [0.15, 0.2) is 24.8 Å². The zero-order valence-corrected chi connectivity index (χ0v) is 11.3. The average Bonchev–Trinajstić information content (AvgIpc) is 2.86. The summed E-state index contributed by atoms with van der Waals surface area (Å²) >= 11 is 0. The highest BCUT2D eigenvalue weighted by molar-refractivity contribution is 5.81. The van der Waals surface area contributed by atoms with Crippen molar-refractivity contribution in [1.82, 2.24) is 19.9 Å². The summed E-state index contributed by atoms with van der Waals surface area (Å²) in [4.78, 5) is 15.4. The van der Waals surface area contributed by atoms with E-state index in [-0.39, 0.29) is 0 Å². The number of aromatic hydroxyl groups is 1. The average molecular weight is 269 g/mol. The van der Waals surface area contributed by atoms with Crippen LogP contribution in [0.3, 0.4) is 0 Å². The van der Waals surface area contributed by atoms with Crippen LogP contribution in [-0.2, 0) is 6.54 Å².